The average Bonchev–Trinajstić information content (AvgIpc) is 2.94. The van der Waals surface area contributed by atoms with Crippen molar-refractivity contribution in [1.29, 1.82) is 5.26 Å². The van der Waals surface area contributed by atoms with E-state index in [1.165, 1.54) is 12.8 Å². The Morgan fingerprint density at radius 3 is 2.71 bits per heavy atom. The van der Waals surface area contributed by atoms with Gasteiger partial charge in [-0.25, -0.2) is 4.79 Å². The molecule has 0 radical (unpaired) electrons. The van der Waals surface area contributed by atoms with E-state index in [1.54, 1.807) is 24.3 Å². The van der Waals surface area contributed by atoms with Crippen LogP contribution in [0.3, 0.4) is 0 Å². The molecule has 3 unspecified atom stereocenters. The van der Waals surface area contributed by atoms with E-state index in [9.17, 15) is 4.79 Å². The van der Waals surface area contributed by atoms with Crippen molar-refractivity contribution in [3.63, 3.8) is 0 Å². The van der Waals surface area contributed by atoms with Crippen LogP contribution in [0.4, 0.5) is 10.5 Å². The zero-order chi connectivity index (χ0) is 14.8. The molecule has 1 aromatic rings. The number of rotatable bonds is 1. The number of urea groups is 1. The summed E-state index contributed by atoms with van der Waals surface area (Å²) in [4.78, 5) is 14.2. The summed E-state index contributed by atoms with van der Waals surface area (Å²) < 4.78 is 0. The fourth-order valence-corrected chi connectivity index (χ4v) is 3.51. The lowest BCUT2D eigenvalue weighted by Crippen LogP contribution is -2.39. The van der Waals surface area contributed by atoms with Gasteiger partial charge in [-0.2, -0.15) is 5.26 Å². The molecule has 2 fully saturated rings. The number of carbonyl (C=O) groups is 1. The Balaban J connectivity index is 1.62. The minimum atomic E-state index is -0.0682. The van der Waals surface area contributed by atoms with Gasteiger partial charge in [-0.3, -0.25) is 0 Å². The molecule has 0 aromatic heterocycles. The van der Waals surface area contributed by atoms with Crippen LogP contribution < -0.4 is 11.1 Å². The van der Waals surface area contributed by atoms with Crippen molar-refractivity contribution in [3.8, 4) is 6.07 Å². The highest BCUT2D eigenvalue weighted by Gasteiger charge is 2.40. The van der Waals surface area contributed by atoms with Crippen LogP contribution in [0.5, 0.6) is 0 Å². The van der Waals surface area contributed by atoms with Gasteiger partial charge in [0.15, 0.2) is 0 Å². The molecule has 2 amide bonds. The van der Waals surface area contributed by atoms with Crippen LogP contribution in [0.25, 0.3) is 0 Å². The van der Waals surface area contributed by atoms with E-state index in [0.717, 1.165) is 25.2 Å². The molecule has 0 bridgehead atoms. The quantitative estimate of drug-likeness (QED) is 0.829. The maximum atomic E-state index is 12.3. The number of nitrogens with zero attached hydrogens (tertiary/aromatic N) is 2. The second kappa shape index (κ2) is 5.74. The van der Waals surface area contributed by atoms with Gasteiger partial charge in [0.05, 0.1) is 11.6 Å². The Labute approximate surface area is 124 Å². The first-order valence-electron chi connectivity index (χ1n) is 7.49. The lowest BCUT2D eigenvalue weighted by atomic mass is 9.78. The summed E-state index contributed by atoms with van der Waals surface area (Å²) in [6.07, 6.45) is 3.43. The summed E-state index contributed by atoms with van der Waals surface area (Å²) in [5, 5.41) is 11.7. The largest absolute Gasteiger partial charge is 0.327 e. The van der Waals surface area contributed by atoms with Crippen LogP contribution in [-0.4, -0.2) is 30.1 Å². The molecule has 1 heterocycles. The number of nitrogens with two attached hydrogens (primary N) is 1. The van der Waals surface area contributed by atoms with E-state index in [4.69, 9.17) is 11.0 Å². The van der Waals surface area contributed by atoms with Crippen molar-refractivity contribution in [1.82, 2.24) is 4.90 Å². The fraction of sp³-hybridized carbons (Fsp3) is 0.500. The van der Waals surface area contributed by atoms with Crippen molar-refractivity contribution in [2.45, 2.75) is 25.3 Å². The smallest absolute Gasteiger partial charge is 0.321 e. The van der Waals surface area contributed by atoms with Gasteiger partial charge in [-0.15, -0.1) is 0 Å². The third-order valence-corrected chi connectivity index (χ3v) is 4.71. The summed E-state index contributed by atoms with van der Waals surface area (Å²) in [6, 6.07) is 9.15. The normalized spacial score (nSPS) is 27.8. The molecule has 3 atom stereocenters. The number of anilines is 1. The molecule has 3 rings (SSSR count). The van der Waals surface area contributed by atoms with Crippen molar-refractivity contribution in [2.75, 3.05) is 18.4 Å². The van der Waals surface area contributed by atoms with Crippen LogP contribution in [0, 0.1) is 23.2 Å². The summed E-state index contributed by atoms with van der Waals surface area (Å²) >= 11 is 0. The number of nitrogens with one attached hydrogen (secondary N) is 1. The van der Waals surface area contributed by atoms with Gasteiger partial charge in [0.2, 0.25) is 0 Å². The first-order chi connectivity index (χ1) is 10.2. The lowest BCUT2D eigenvalue weighted by molar-refractivity contribution is 0.219. The fourth-order valence-electron chi connectivity index (χ4n) is 3.51. The second-order valence-electron chi connectivity index (χ2n) is 6.04. The second-order valence-corrected chi connectivity index (χ2v) is 6.04. The summed E-state index contributed by atoms with van der Waals surface area (Å²) in [7, 11) is 0. The topological polar surface area (TPSA) is 82.2 Å². The molecule has 3 N–H and O–H groups in total. The predicted molar refractivity (Wildman–Crippen MR) is 80.6 cm³/mol. The Morgan fingerprint density at radius 1 is 1.29 bits per heavy atom. The number of amides is 2. The number of hydrogen-bond acceptors (Lipinski definition) is 3. The molecular weight excluding hydrogens is 264 g/mol. The van der Waals surface area contributed by atoms with Crippen molar-refractivity contribution in [2.24, 2.45) is 17.6 Å². The van der Waals surface area contributed by atoms with Crippen LogP contribution in [0.1, 0.15) is 24.8 Å². The van der Waals surface area contributed by atoms with Gasteiger partial charge in [0, 0.05) is 24.8 Å². The highest BCUT2D eigenvalue weighted by molar-refractivity contribution is 5.89. The van der Waals surface area contributed by atoms with Gasteiger partial charge in [-0.1, -0.05) is 6.42 Å². The van der Waals surface area contributed by atoms with Crippen LogP contribution in [0.15, 0.2) is 24.3 Å². The third kappa shape index (κ3) is 2.86. The monoisotopic (exact) mass is 284 g/mol. The zero-order valence-corrected chi connectivity index (χ0v) is 12.0. The molecular formula is C16H20N4O. The first kappa shape index (κ1) is 13.9. The van der Waals surface area contributed by atoms with Crippen LogP contribution >= 0.6 is 0 Å². The summed E-state index contributed by atoms with van der Waals surface area (Å²) in [6.45, 7) is 1.56. The minimum Gasteiger partial charge on any atom is -0.327 e. The molecule has 5 heteroatoms. The maximum absolute atomic E-state index is 12.3. The molecule has 5 nitrogen and oxygen atoms in total. The van der Waals surface area contributed by atoms with Gasteiger partial charge in [-0.05, 0) is 48.9 Å². The molecule has 110 valence electrons. The number of benzene rings is 1. The van der Waals surface area contributed by atoms with E-state index in [1.807, 2.05) is 4.90 Å². The van der Waals surface area contributed by atoms with Gasteiger partial charge >= 0.3 is 6.03 Å². The lowest BCUT2D eigenvalue weighted by Gasteiger charge is -2.29. The number of carbonyl (C=O) groups excluding carboxylic acids is 1. The average molecular weight is 284 g/mol. The standard InChI is InChI=1S/C16H20N4O/c17-8-11-4-6-13(7-5-11)19-16(21)20-9-12-2-1-3-15(18)14(12)10-20/h4-7,12,14-15H,1-3,9-10,18H2,(H,19,21). The van der Waals surface area contributed by atoms with Gasteiger partial charge in [0.25, 0.3) is 0 Å². The molecule has 21 heavy (non-hydrogen) atoms. The van der Waals surface area contributed by atoms with E-state index in [0.29, 0.717) is 17.4 Å². The van der Waals surface area contributed by atoms with Crippen LogP contribution in [-0.2, 0) is 0 Å². The van der Waals surface area contributed by atoms with Crippen LogP contribution in [0.2, 0.25) is 0 Å². The Morgan fingerprint density at radius 2 is 2.05 bits per heavy atom. The SMILES string of the molecule is N#Cc1ccc(NC(=O)N2CC3CCCC(N)C3C2)cc1. The Bertz CT molecular complexity index is 563. The number of nitriles is 1. The van der Waals surface area contributed by atoms with E-state index in [-0.39, 0.29) is 12.1 Å². The molecule has 1 aliphatic heterocycles. The van der Waals surface area contributed by atoms with E-state index in [2.05, 4.69) is 11.4 Å². The number of likely N-dealkylation sites (tertiary alicyclic amines) is 1. The zero-order valence-electron chi connectivity index (χ0n) is 12.0. The predicted octanol–water partition coefficient (Wildman–Crippen LogP) is 2.15. The molecule has 1 saturated heterocycles. The highest BCUT2D eigenvalue weighted by atomic mass is 16.2. The first-order valence-corrected chi connectivity index (χ1v) is 7.49. The number of hydrogen-bond donors (Lipinski definition) is 2. The van der Waals surface area contributed by atoms with Gasteiger partial charge < -0.3 is 16.0 Å². The molecule has 1 aliphatic carbocycles. The van der Waals surface area contributed by atoms with Crippen molar-refractivity contribution < 1.29 is 4.79 Å². The van der Waals surface area contributed by atoms with E-state index >= 15 is 0 Å². The molecule has 1 saturated carbocycles. The molecule has 2 aliphatic rings. The summed E-state index contributed by atoms with van der Waals surface area (Å²) in [5.74, 6) is 1.01. The van der Waals surface area contributed by atoms with Crippen molar-refractivity contribution in [3.05, 3.63) is 29.8 Å². The van der Waals surface area contributed by atoms with E-state index < -0.39 is 0 Å². The Kier molecular flexibility index (Phi) is 3.80. The molecule has 1 aromatic carbocycles. The minimum absolute atomic E-state index is 0.0682. The molecule has 0 spiro atoms. The maximum Gasteiger partial charge on any atom is 0.321 e. The van der Waals surface area contributed by atoms with Gasteiger partial charge in [0.1, 0.15) is 0 Å². The highest BCUT2D eigenvalue weighted by Crippen LogP contribution is 2.35. The van der Waals surface area contributed by atoms with Crippen molar-refractivity contribution >= 4 is 11.7 Å². The third-order valence-electron chi connectivity index (χ3n) is 4.71. The summed E-state index contributed by atoms with van der Waals surface area (Å²) in [5.41, 5.74) is 7.49. The number of fused-ring (bicyclic) bond motifs is 1. The Hall–Kier alpha value is -2.06.